The average Bonchev–Trinajstić information content (AvgIpc) is 2.51. The highest BCUT2D eigenvalue weighted by molar-refractivity contribution is 6.50. The summed E-state index contributed by atoms with van der Waals surface area (Å²) in [7, 11) is -6.00. The average molecular weight is 215 g/mol. The highest BCUT2D eigenvalue weighted by Gasteiger charge is 2.20. The third-order valence-electron chi connectivity index (χ3n) is 2.56. The molecule has 1 rings (SSSR count). The van der Waals surface area contributed by atoms with E-state index < -0.39 is 7.25 Å². The van der Waals surface area contributed by atoms with Crippen LogP contribution in [0.25, 0.3) is 0 Å². The summed E-state index contributed by atoms with van der Waals surface area (Å²) in [5, 5.41) is 0. The van der Waals surface area contributed by atoms with Crippen LogP contribution in [0.1, 0.15) is 33.1 Å². The van der Waals surface area contributed by atoms with Gasteiger partial charge in [0.25, 0.3) is 0 Å². The first-order chi connectivity index (χ1) is 6.34. The lowest BCUT2D eigenvalue weighted by Crippen LogP contribution is -3.13. The largest absolute Gasteiger partial charge is 0.673 e. The zero-order valence-electron chi connectivity index (χ0n) is 8.70. The molecular weight excluding hydrogens is 197 g/mol. The van der Waals surface area contributed by atoms with Crippen molar-refractivity contribution in [1.29, 1.82) is 0 Å². The summed E-state index contributed by atoms with van der Waals surface area (Å²) in [6.07, 6.45) is 4.26. The van der Waals surface area contributed by atoms with Gasteiger partial charge in [-0.3, -0.25) is 0 Å². The summed E-state index contributed by atoms with van der Waals surface area (Å²) in [6, 6.07) is 0.910. The lowest BCUT2D eigenvalue weighted by Gasteiger charge is -2.18. The molecule has 0 bridgehead atoms. The Kier molecular flexibility index (Phi) is 6.16. The van der Waals surface area contributed by atoms with E-state index in [2.05, 4.69) is 13.8 Å². The molecule has 14 heavy (non-hydrogen) atoms. The van der Waals surface area contributed by atoms with E-state index >= 15 is 0 Å². The van der Waals surface area contributed by atoms with Crippen LogP contribution in [0.2, 0.25) is 0 Å². The number of nitrogens with one attached hydrogen (secondary N) is 1. The first kappa shape index (κ1) is 13.7. The second-order valence-corrected chi connectivity index (χ2v) is 3.67. The van der Waals surface area contributed by atoms with Gasteiger partial charge in [-0.15, -0.1) is 0 Å². The minimum atomic E-state index is -6.00. The second kappa shape index (κ2) is 6.27. The van der Waals surface area contributed by atoms with E-state index in [1.54, 1.807) is 0 Å². The molecule has 1 nitrogen and oxygen atoms in total. The summed E-state index contributed by atoms with van der Waals surface area (Å²) < 4.78 is 39.0. The van der Waals surface area contributed by atoms with E-state index in [9.17, 15) is 17.3 Å². The lowest BCUT2D eigenvalue weighted by molar-refractivity contribution is -0.911. The fraction of sp³-hybridized carbons (Fsp3) is 1.00. The molecule has 0 aromatic heterocycles. The van der Waals surface area contributed by atoms with Gasteiger partial charge in [-0.2, -0.15) is 0 Å². The SMILES string of the molecule is CCC(C)[NH+]1CCCC1.F[B-](F)(F)F. The molecule has 0 amide bonds. The smallest absolute Gasteiger partial charge is 0.418 e. The molecule has 0 radical (unpaired) electrons. The molecule has 1 saturated heterocycles. The molecule has 1 aliphatic rings. The predicted molar refractivity (Wildman–Crippen MR) is 49.9 cm³/mol. The van der Waals surface area contributed by atoms with E-state index in [-0.39, 0.29) is 0 Å². The van der Waals surface area contributed by atoms with Gasteiger partial charge in [-0.05, 0) is 13.3 Å². The van der Waals surface area contributed by atoms with Crippen LogP contribution in [0.5, 0.6) is 0 Å². The van der Waals surface area contributed by atoms with Gasteiger partial charge in [0.1, 0.15) is 0 Å². The third-order valence-corrected chi connectivity index (χ3v) is 2.56. The molecule has 86 valence electrons. The van der Waals surface area contributed by atoms with Crippen molar-refractivity contribution in [2.45, 2.75) is 39.2 Å². The Morgan fingerprint density at radius 2 is 1.50 bits per heavy atom. The summed E-state index contributed by atoms with van der Waals surface area (Å²) >= 11 is 0. The molecule has 0 aliphatic carbocycles. The highest BCUT2D eigenvalue weighted by Crippen LogP contribution is 2.06. The molecule has 0 saturated carbocycles. The van der Waals surface area contributed by atoms with Crippen molar-refractivity contribution in [3.8, 4) is 0 Å². The van der Waals surface area contributed by atoms with Gasteiger partial charge in [0.15, 0.2) is 0 Å². The first-order valence-electron chi connectivity index (χ1n) is 5.06. The lowest BCUT2D eigenvalue weighted by atomic mass is 10.2. The Hall–Kier alpha value is -0.255. The van der Waals surface area contributed by atoms with E-state index in [0.29, 0.717) is 0 Å². The standard InChI is InChI=1S/C8H17N.BF4/c1-3-8(2)9-6-4-5-7-9;2-1(3,4)5/h8H,3-7H2,1-2H3;/q;-1/p+1. The third kappa shape index (κ3) is 8.35. The maximum Gasteiger partial charge on any atom is 0.673 e. The Morgan fingerprint density at radius 1 is 1.14 bits per heavy atom. The molecule has 1 N–H and O–H groups in total. The summed E-state index contributed by atoms with van der Waals surface area (Å²) in [6.45, 7) is 7.50. The van der Waals surface area contributed by atoms with Gasteiger partial charge < -0.3 is 22.2 Å². The molecule has 1 unspecified atom stereocenters. The summed E-state index contributed by atoms with van der Waals surface area (Å²) in [4.78, 5) is 1.83. The molecule has 0 aromatic carbocycles. The zero-order chi connectivity index (χ0) is 11.2. The van der Waals surface area contributed by atoms with Crippen molar-refractivity contribution in [2.75, 3.05) is 13.1 Å². The van der Waals surface area contributed by atoms with Gasteiger partial charge in [0.05, 0.1) is 19.1 Å². The predicted octanol–water partition coefficient (Wildman–Crippen LogP) is 1.76. The van der Waals surface area contributed by atoms with Crippen molar-refractivity contribution < 1.29 is 22.2 Å². The van der Waals surface area contributed by atoms with Crippen LogP contribution in [0.15, 0.2) is 0 Å². The molecule has 1 heterocycles. The van der Waals surface area contributed by atoms with Crippen molar-refractivity contribution >= 4 is 7.25 Å². The van der Waals surface area contributed by atoms with Crippen LogP contribution >= 0.6 is 0 Å². The van der Waals surface area contributed by atoms with Gasteiger partial charge in [0, 0.05) is 12.8 Å². The number of quaternary nitrogens is 1. The quantitative estimate of drug-likeness (QED) is 0.528. The molecule has 1 aliphatic heterocycles. The Morgan fingerprint density at radius 3 is 1.79 bits per heavy atom. The fourth-order valence-electron chi connectivity index (χ4n) is 1.61. The van der Waals surface area contributed by atoms with E-state index in [1.807, 2.05) is 4.90 Å². The molecule has 1 atom stereocenters. The van der Waals surface area contributed by atoms with Crippen molar-refractivity contribution in [1.82, 2.24) is 0 Å². The topological polar surface area (TPSA) is 4.44 Å². The minimum absolute atomic E-state index is 0.910. The second-order valence-electron chi connectivity index (χ2n) is 3.67. The monoisotopic (exact) mass is 215 g/mol. The fourth-order valence-corrected chi connectivity index (χ4v) is 1.61. The van der Waals surface area contributed by atoms with Crippen molar-refractivity contribution in [3.63, 3.8) is 0 Å². The van der Waals surface area contributed by atoms with Crippen LogP contribution in [0.4, 0.5) is 17.3 Å². The number of hydrogen-bond acceptors (Lipinski definition) is 0. The Bertz CT molecular complexity index is 139. The maximum absolute atomic E-state index is 9.75. The number of rotatable bonds is 2. The first-order valence-corrected chi connectivity index (χ1v) is 5.06. The highest BCUT2D eigenvalue weighted by atomic mass is 19.5. The number of likely N-dealkylation sites (tertiary alicyclic amines) is 1. The van der Waals surface area contributed by atoms with Crippen LogP contribution in [0, 0.1) is 0 Å². The minimum Gasteiger partial charge on any atom is -0.418 e. The Balaban J connectivity index is 0.000000292. The van der Waals surface area contributed by atoms with Crippen LogP contribution < -0.4 is 4.90 Å². The molecule has 0 aromatic rings. The van der Waals surface area contributed by atoms with Gasteiger partial charge in [0.2, 0.25) is 0 Å². The molecule has 0 spiro atoms. The van der Waals surface area contributed by atoms with Gasteiger partial charge >= 0.3 is 7.25 Å². The summed E-state index contributed by atoms with van der Waals surface area (Å²) in [5.41, 5.74) is 0. The van der Waals surface area contributed by atoms with E-state index in [4.69, 9.17) is 0 Å². The zero-order valence-corrected chi connectivity index (χ0v) is 8.70. The van der Waals surface area contributed by atoms with Crippen LogP contribution in [0.3, 0.4) is 0 Å². The number of halogens is 4. The number of hydrogen-bond donors (Lipinski definition) is 1. The molecule has 1 fully saturated rings. The summed E-state index contributed by atoms with van der Waals surface area (Å²) in [5.74, 6) is 0. The Labute approximate surface area is 82.6 Å². The van der Waals surface area contributed by atoms with Crippen molar-refractivity contribution in [2.24, 2.45) is 0 Å². The van der Waals surface area contributed by atoms with Gasteiger partial charge in [-0.25, -0.2) is 0 Å². The van der Waals surface area contributed by atoms with Gasteiger partial charge in [-0.1, -0.05) is 6.92 Å². The molecule has 6 heteroatoms. The van der Waals surface area contributed by atoms with E-state index in [0.717, 1.165) is 6.04 Å². The van der Waals surface area contributed by atoms with Crippen molar-refractivity contribution in [3.05, 3.63) is 0 Å². The van der Waals surface area contributed by atoms with E-state index in [1.165, 1.54) is 32.4 Å². The van der Waals surface area contributed by atoms with Crippen LogP contribution in [-0.2, 0) is 0 Å². The normalized spacial score (nSPS) is 20.1. The van der Waals surface area contributed by atoms with Crippen LogP contribution in [-0.4, -0.2) is 26.4 Å². The molecular formula is C8H18BF4N. The maximum atomic E-state index is 9.75.